The first kappa shape index (κ1) is 33.2. The quantitative estimate of drug-likeness (QED) is 0.0466. The van der Waals surface area contributed by atoms with Crippen molar-refractivity contribution in [2.45, 2.75) is 12.6 Å². The van der Waals surface area contributed by atoms with E-state index in [-0.39, 0.29) is 5.66 Å². The van der Waals surface area contributed by atoms with Crippen LogP contribution in [0.1, 0.15) is 18.1 Å². The molecule has 5 rings (SSSR count). The van der Waals surface area contributed by atoms with Crippen LogP contribution < -0.4 is 20.0 Å². The van der Waals surface area contributed by atoms with Crippen molar-refractivity contribution >= 4 is 64.8 Å². The zero-order valence-electron chi connectivity index (χ0n) is 25.9. The van der Waals surface area contributed by atoms with E-state index in [0.717, 1.165) is 29.7 Å². The summed E-state index contributed by atoms with van der Waals surface area (Å²) in [6.07, 6.45) is 2.45. The van der Waals surface area contributed by atoms with Crippen LogP contribution in [0.25, 0.3) is 0 Å². The topological polar surface area (TPSA) is 43.0 Å². The van der Waals surface area contributed by atoms with Crippen molar-refractivity contribution in [3.63, 3.8) is 0 Å². The third kappa shape index (κ3) is 8.17. The van der Waals surface area contributed by atoms with E-state index < -0.39 is 7.79 Å². The lowest BCUT2D eigenvalue weighted by Gasteiger charge is -2.40. The number of allylic oxidation sites excluding steroid dienone is 2. The molecule has 45 heavy (non-hydrogen) atoms. The van der Waals surface area contributed by atoms with Gasteiger partial charge in [-0.05, 0) is 61.6 Å². The highest BCUT2D eigenvalue weighted by Crippen LogP contribution is 2.79. The van der Waals surface area contributed by atoms with Crippen LogP contribution in [0.15, 0.2) is 133 Å². The molecule has 1 aliphatic heterocycles. The lowest BCUT2D eigenvalue weighted by molar-refractivity contribution is 0.340. The maximum atomic E-state index is 7.43. The fourth-order valence-electron chi connectivity index (χ4n) is 5.65. The van der Waals surface area contributed by atoms with Crippen molar-refractivity contribution in [1.82, 2.24) is 10.2 Å². The zero-order valence-corrected chi connectivity index (χ0v) is 29.8. The van der Waals surface area contributed by atoms with Gasteiger partial charge in [0, 0.05) is 41.5 Å². The SMILES string of the molecule is C/C(=C\C(c1ccccc1)[P+]1(OCCNC(=S)Nc2ccccc2)N(c2ccccc2)CCN1c1ccccc1)N(C)CCI. The molecule has 234 valence electrons. The number of nitrogens with one attached hydrogen (secondary N) is 2. The molecule has 0 bridgehead atoms. The molecule has 1 heterocycles. The molecule has 1 aliphatic rings. The van der Waals surface area contributed by atoms with E-state index in [9.17, 15) is 0 Å². The molecule has 1 saturated heterocycles. The van der Waals surface area contributed by atoms with E-state index in [2.05, 4.69) is 159 Å². The number of nitrogens with zero attached hydrogens (tertiary/aromatic N) is 3. The minimum Gasteiger partial charge on any atom is -0.377 e. The van der Waals surface area contributed by atoms with Crippen LogP contribution in [-0.2, 0) is 4.52 Å². The molecule has 0 amide bonds. The molecule has 1 unspecified atom stereocenters. The minimum absolute atomic E-state index is 0.0207. The standard InChI is InChI=1S/C36H41IN5OPS/c1-30(40(2)25-23-37)29-35(31-15-7-3-8-16-31)44(43-28-24-38-36(45)39-32-17-9-4-10-18-32)41(33-19-11-5-12-20-33)26-27-42(44)34-21-13-6-14-22-34/h3-22,29,35H,23-28H2,1-2H3,(H-,38,39,45)/p+1/b30-29+. The van der Waals surface area contributed by atoms with E-state index in [0.29, 0.717) is 18.3 Å². The zero-order chi connectivity index (χ0) is 31.5. The van der Waals surface area contributed by atoms with Gasteiger partial charge in [-0.1, -0.05) is 108 Å². The second-order valence-electron chi connectivity index (χ2n) is 10.9. The summed E-state index contributed by atoms with van der Waals surface area (Å²) in [6, 6.07) is 42.4. The molecule has 4 aromatic rings. The van der Waals surface area contributed by atoms with E-state index in [1.807, 2.05) is 30.3 Å². The van der Waals surface area contributed by atoms with Gasteiger partial charge in [0.15, 0.2) is 10.8 Å². The number of halogens is 1. The summed E-state index contributed by atoms with van der Waals surface area (Å²) in [6.45, 7) is 5.98. The van der Waals surface area contributed by atoms with E-state index in [4.69, 9.17) is 16.7 Å². The largest absolute Gasteiger partial charge is 0.377 e. The first-order valence-corrected chi connectivity index (χ1v) is 18.9. The number of thiocarbonyl (C=S) groups is 1. The van der Waals surface area contributed by atoms with Gasteiger partial charge in [0.05, 0.1) is 24.5 Å². The number of rotatable bonds is 13. The summed E-state index contributed by atoms with van der Waals surface area (Å²) in [4.78, 5) is 2.35. The first-order chi connectivity index (χ1) is 22.0. The molecule has 0 aromatic heterocycles. The Kier molecular flexibility index (Phi) is 12.1. The highest BCUT2D eigenvalue weighted by molar-refractivity contribution is 14.1. The van der Waals surface area contributed by atoms with Crippen LogP contribution in [0.3, 0.4) is 0 Å². The minimum atomic E-state index is -2.62. The fourth-order valence-corrected chi connectivity index (χ4v) is 10.9. The Labute approximate surface area is 288 Å². The van der Waals surface area contributed by atoms with Crippen LogP contribution in [0.5, 0.6) is 0 Å². The number of para-hydroxylation sites is 3. The Morgan fingerprint density at radius 2 is 1.38 bits per heavy atom. The third-order valence-corrected chi connectivity index (χ3v) is 12.7. The number of hydrogen-bond donors (Lipinski definition) is 2. The molecule has 1 fully saturated rings. The maximum absolute atomic E-state index is 7.43. The van der Waals surface area contributed by atoms with Crippen LogP contribution >= 0.6 is 42.6 Å². The van der Waals surface area contributed by atoms with Gasteiger partial charge in [0.1, 0.15) is 6.61 Å². The Morgan fingerprint density at radius 3 is 1.91 bits per heavy atom. The predicted octanol–water partition coefficient (Wildman–Crippen LogP) is 8.79. The van der Waals surface area contributed by atoms with Crippen LogP contribution in [0.2, 0.25) is 0 Å². The van der Waals surface area contributed by atoms with Crippen molar-refractivity contribution in [1.29, 1.82) is 0 Å². The molecular weight excluding hydrogens is 708 g/mol. The smallest absolute Gasteiger partial charge is 0.345 e. The van der Waals surface area contributed by atoms with Crippen molar-refractivity contribution in [2.75, 3.05) is 58.9 Å². The Morgan fingerprint density at radius 1 is 0.867 bits per heavy atom. The van der Waals surface area contributed by atoms with Gasteiger partial charge in [0.25, 0.3) is 0 Å². The van der Waals surface area contributed by atoms with Crippen LogP contribution in [-0.4, -0.2) is 54.3 Å². The normalized spacial score (nSPS) is 15.0. The van der Waals surface area contributed by atoms with Gasteiger partial charge < -0.3 is 15.5 Å². The molecule has 0 saturated carbocycles. The van der Waals surface area contributed by atoms with E-state index in [1.165, 1.54) is 22.6 Å². The first-order valence-electron chi connectivity index (χ1n) is 15.3. The lowest BCUT2D eigenvalue weighted by Crippen LogP contribution is -2.35. The van der Waals surface area contributed by atoms with Crippen molar-refractivity contribution < 1.29 is 4.52 Å². The molecule has 2 N–H and O–H groups in total. The summed E-state index contributed by atoms with van der Waals surface area (Å²) in [5, 5.41) is 7.26. The van der Waals surface area contributed by atoms with Crippen molar-refractivity contribution in [3.05, 3.63) is 139 Å². The number of alkyl halides is 1. The molecule has 0 aliphatic carbocycles. The van der Waals surface area contributed by atoms with Crippen LogP contribution in [0, 0.1) is 0 Å². The second kappa shape index (κ2) is 16.4. The number of anilines is 3. The van der Waals surface area contributed by atoms with Crippen molar-refractivity contribution in [2.24, 2.45) is 0 Å². The van der Waals surface area contributed by atoms with Crippen LogP contribution in [0.4, 0.5) is 17.1 Å². The lowest BCUT2D eigenvalue weighted by atomic mass is 10.1. The predicted molar refractivity (Wildman–Crippen MR) is 206 cm³/mol. The number of hydrogen-bond acceptors (Lipinski definition) is 5. The van der Waals surface area contributed by atoms with Gasteiger partial charge >= 0.3 is 7.79 Å². The number of benzene rings is 4. The monoisotopic (exact) mass is 750 g/mol. The molecule has 1 atom stereocenters. The fraction of sp³-hybridized carbons (Fsp3) is 0.250. The molecular formula is C36H42IN5OPS+. The molecule has 0 radical (unpaired) electrons. The highest BCUT2D eigenvalue weighted by Gasteiger charge is 2.64. The summed E-state index contributed by atoms with van der Waals surface area (Å²) < 4.78 is 13.6. The Balaban J connectivity index is 1.58. The van der Waals surface area contributed by atoms with E-state index >= 15 is 0 Å². The van der Waals surface area contributed by atoms with Gasteiger partial charge in [-0.3, -0.25) is 0 Å². The summed E-state index contributed by atoms with van der Waals surface area (Å²) in [5.74, 6) is 0. The Hall–Kier alpha value is -3.17. The third-order valence-electron chi connectivity index (χ3n) is 7.95. The molecule has 0 spiro atoms. The average molecular weight is 751 g/mol. The van der Waals surface area contributed by atoms with Gasteiger partial charge in [-0.25, -0.2) is 9.34 Å². The van der Waals surface area contributed by atoms with Gasteiger partial charge in [-0.15, -0.1) is 0 Å². The van der Waals surface area contributed by atoms with Gasteiger partial charge in [-0.2, -0.15) is 4.52 Å². The maximum Gasteiger partial charge on any atom is 0.345 e. The molecule has 4 aromatic carbocycles. The summed E-state index contributed by atoms with van der Waals surface area (Å²) in [5.41, 5.74) is 5.76. The molecule has 9 heteroatoms. The summed E-state index contributed by atoms with van der Waals surface area (Å²) >= 11 is 8.10. The van der Waals surface area contributed by atoms with Crippen molar-refractivity contribution in [3.8, 4) is 0 Å². The van der Waals surface area contributed by atoms with E-state index in [1.54, 1.807) is 0 Å². The average Bonchev–Trinajstić information content (AvgIpc) is 3.47. The Bertz CT molecular complexity index is 1470. The molecule has 6 nitrogen and oxygen atoms in total. The second-order valence-corrected chi connectivity index (χ2v) is 15.3. The van der Waals surface area contributed by atoms with Gasteiger partial charge in [0.2, 0.25) is 0 Å². The summed E-state index contributed by atoms with van der Waals surface area (Å²) in [7, 11) is -0.442. The highest BCUT2D eigenvalue weighted by atomic mass is 127.